The van der Waals surface area contributed by atoms with E-state index in [1.807, 2.05) is 13.1 Å². The number of rotatable bonds is 6. The number of aryl methyl sites for hydroxylation is 3. The molecule has 0 saturated heterocycles. The molecule has 0 aliphatic rings. The van der Waals surface area contributed by atoms with Crippen molar-refractivity contribution in [2.45, 2.75) is 32.6 Å². The van der Waals surface area contributed by atoms with Gasteiger partial charge in [-0.25, -0.2) is 4.98 Å². The summed E-state index contributed by atoms with van der Waals surface area (Å²) in [6.07, 6.45) is 7.25. The molecule has 0 saturated carbocycles. The monoisotopic (exact) mass is 368 g/mol. The Bertz CT molecular complexity index is 1040. The molecule has 0 aliphatic carbocycles. The average Bonchev–Trinajstić information content (AvgIpc) is 3.25. The van der Waals surface area contributed by atoms with Crippen LogP contribution in [0.25, 0.3) is 11.5 Å². The summed E-state index contributed by atoms with van der Waals surface area (Å²) in [6.45, 7) is 4.24. The van der Waals surface area contributed by atoms with Gasteiger partial charge in [-0.3, -0.25) is 4.98 Å². The number of benzene rings is 2. The summed E-state index contributed by atoms with van der Waals surface area (Å²) in [4.78, 5) is 8.56. The molecule has 2 heterocycles. The van der Waals surface area contributed by atoms with E-state index in [-0.39, 0.29) is 0 Å². The molecule has 0 bridgehead atoms. The van der Waals surface area contributed by atoms with Crippen LogP contribution in [0.1, 0.15) is 40.3 Å². The zero-order valence-corrected chi connectivity index (χ0v) is 16.3. The van der Waals surface area contributed by atoms with E-state index in [0.717, 1.165) is 24.1 Å². The predicted octanol–water partition coefficient (Wildman–Crippen LogP) is 6.12. The van der Waals surface area contributed by atoms with Gasteiger partial charge < -0.3 is 4.42 Å². The molecule has 0 radical (unpaired) electrons. The minimum absolute atomic E-state index is 0.341. The van der Waals surface area contributed by atoms with E-state index in [2.05, 4.69) is 77.6 Å². The van der Waals surface area contributed by atoms with Crippen molar-refractivity contribution < 1.29 is 4.42 Å². The van der Waals surface area contributed by atoms with E-state index in [1.165, 1.54) is 22.3 Å². The lowest BCUT2D eigenvalue weighted by Gasteiger charge is -2.20. The molecule has 0 fully saturated rings. The number of hydrogen-bond donors (Lipinski definition) is 0. The van der Waals surface area contributed by atoms with E-state index in [0.29, 0.717) is 11.8 Å². The van der Waals surface area contributed by atoms with E-state index in [1.54, 1.807) is 12.5 Å². The summed E-state index contributed by atoms with van der Waals surface area (Å²) in [5.74, 6) is 1.000. The molecule has 4 aromatic rings. The van der Waals surface area contributed by atoms with Crippen molar-refractivity contribution in [3.8, 4) is 11.5 Å². The third kappa shape index (κ3) is 4.04. The molecule has 140 valence electrons. The normalized spacial score (nSPS) is 12.1. The van der Waals surface area contributed by atoms with Crippen molar-refractivity contribution in [1.29, 1.82) is 0 Å². The lowest BCUT2D eigenvalue weighted by atomic mass is 9.84. The van der Waals surface area contributed by atoms with Crippen LogP contribution >= 0.6 is 0 Å². The first-order chi connectivity index (χ1) is 13.7. The van der Waals surface area contributed by atoms with Crippen LogP contribution in [0.5, 0.6) is 0 Å². The van der Waals surface area contributed by atoms with Crippen molar-refractivity contribution in [2.75, 3.05) is 0 Å². The van der Waals surface area contributed by atoms with E-state index < -0.39 is 0 Å². The molecule has 3 nitrogen and oxygen atoms in total. The third-order valence-corrected chi connectivity index (χ3v) is 5.24. The zero-order chi connectivity index (χ0) is 19.3. The second kappa shape index (κ2) is 8.22. The van der Waals surface area contributed by atoms with Crippen LogP contribution in [0.4, 0.5) is 0 Å². The lowest BCUT2D eigenvalue weighted by Crippen LogP contribution is -2.05. The Balaban J connectivity index is 1.64. The highest BCUT2D eigenvalue weighted by Gasteiger charge is 2.17. The molecular weight excluding hydrogens is 344 g/mol. The Morgan fingerprint density at radius 1 is 0.893 bits per heavy atom. The summed E-state index contributed by atoms with van der Waals surface area (Å²) in [5, 5.41) is 0. The Labute approximate surface area is 166 Å². The van der Waals surface area contributed by atoms with Crippen LogP contribution in [-0.4, -0.2) is 9.97 Å². The van der Waals surface area contributed by atoms with Crippen molar-refractivity contribution in [2.24, 2.45) is 0 Å². The average molecular weight is 368 g/mol. The maximum atomic E-state index is 5.42. The van der Waals surface area contributed by atoms with E-state index in [4.69, 9.17) is 4.42 Å². The van der Waals surface area contributed by atoms with Crippen LogP contribution in [-0.2, 0) is 6.42 Å². The fraction of sp³-hybridized carbons (Fsp3) is 0.200. The molecule has 0 aliphatic heterocycles. The smallest absolute Gasteiger partial charge is 0.225 e. The minimum atomic E-state index is 0.341. The van der Waals surface area contributed by atoms with Crippen LogP contribution in [0.15, 0.2) is 83.7 Å². The van der Waals surface area contributed by atoms with Gasteiger partial charge in [-0.05, 0) is 73.2 Å². The molecule has 0 N–H and O–H groups in total. The van der Waals surface area contributed by atoms with Gasteiger partial charge in [-0.15, -0.1) is 0 Å². The Hall–Kier alpha value is -3.20. The first-order valence-electron chi connectivity index (χ1n) is 9.67. The topological polar surface area (TPSA) is 38.9 Å². The van der Waals surface area contributed by atoms with Gasteiger partial charge >= 0.3 is 0 Å². The van der Waals surface area contributed by atoms with Crippen LogP contribution in [0.3, 0.4) is 0 Å². The molecular formula is C25H24N2O. The fourth-order valence-corrected chi connectivity index (χ4v) is 3.77. The molecule has 2 aromatic heterocycles. The zero-order valence-electron chi connectivity index (χ0n) is 16.3. The summed E-state index contributed by atoms with van der Waals surface area (Å²) < 4.78 is 5.42. The van der Waals surface area contributed by atoms with Crippen molar-refractivity contribution in [3.63, 3.8) is 0 Å². The maximum absolute atomic E-state index is 5.42. The fourth-order valence-electron chi connectivity index (χ4n) is 3.77. The first-order valence-corrected chi connectivity index (χ1v) is 9.67. The lowest BCUT2D eigenvalue weighted by molar-refractivity contribution is 0.574. The van der Waals surface area contributed by atoms with Gasteiger partial charge in [0.15, 0.2) is 0 Å². The maximum Gasteiger partial charge on any atom is 0.225 e. The second-order valence-electron chi connectivity index (χ2n) is 7.21. The SMILES string of the molecule is Cc1cc(CC[C@H](c2ccc(-c3ncco3)cc2)c2ccccc2C)ccn1. The van der Waals surface area contributed by atoms with Gasteiger partial charge in [0.25, 0.3) is 0 Å². The largest absolute Gasteiger partial charge is 0.445 e. The van der Waals surface area contributed by atoms with Crippen LogP contribution < -0.4 is 0 Å². The van der Waals surface area contributed by atoms with Gasteiger partial charge in [0.2, 0.25) is 5.89 Å². The Morgan fingerprint density at radius 3 is 2.43 bits per heavy atom. The Morgan fingerprint density at radius 2 is 1.71 bits per heavy atom. The summed E-state index contributed by atoms with van der Waals surface area (Å²) in [7, 11) is 0. The third-order valence-electron chi connectivity index (χ3n) is 5.24. The van der Waals surface area contributed by atoms with Crippen LogP contribution in [0.2, 0.25) is 0 Å². The highest BCUT2D eigenvalue weighted by molar-refractivity contribution is 5.54. The second-order valence-corrected chi connectivity index (χ2v) is 7.21. The minimum Gasteiger partial charge on any atom is -0.445 e. The van der Waals surface area contributed by atoms with Crippen LogP contribution in [0, 0.1) is 13.8 Å². The molecule has 4 rings (SSSR count). The predicted molar refractivity (Wildman–Crippen MR) is 112 cm³/mol. The Kier molecular flexibility index (Phi) is 5.34. The molecule has 28 heavy (non-hydrogen) atoms. The van der Waals surface area contributed by atoms with Gasteiger partial charge in [0.1, 0.15) is 6.26 Å². The number of nitrogens with zero attached hydrogens (tertiary/aromatic N) is 2. The quantitative estimate of drug-likeness (QED) is 0.412. The number of pyridine rings is 1. The molecule has 1 atom stereocenters. The summed E-state index contributed by atoms with van der Waals surface area (Å²) >= 11 is 0. The summed E-state index contributed by atoms with van der Waals surface area (Å²) in [6, 6.07) is 21.6. The molecule has 0 amide bonds. The molecule has 0 unspecified atom stereocenters. The van der Waals surface area contributed by atoms with Gasteiger partial charge in [0.05, 0.1) is 6.20 Å². The highest BCUT2D eigenvalue weighted by Crippen LogP contribution is 2.32. The van der Waals surface area contributed by atoms with Gasteiger partial charge in [-0.2, -0.15) is 0 Å². The summed E-state index contributed by atoms with van der Waals surface area (Å²) in [5.41, 5.74) is 7.44. The number of oxazole rings is 1. The van der Waals surface area contributed by atoms with Crippen molar-refractivity contribution >= 4 is 0 Å². The molecule has 2 aromatic carbocycles. The van der Waals surface area contributed by atoms with Gasteiger partial charge in [-0.1, -0.05) is 36.4 Å². The molecule has 0 spiro atoms. The van der Waals surface area contributed by atoms with Crippen molar-refractivity contribution in [1.82, 2.24) is 9.97 Å². The number of aromatic nitrogens is 2. The standard InChI is InChI=1S/C25H24N2O/c1-18-5-3-4-6-23(18)24(12-7-20-13-14-26-19(2)17-20)21-8-10-22(11-9-21)25-27-15-16-28-25/h3-6,8-11,13-17,24H,7,12H2,1-2H3/t24-/m1/s1. The first kappa shape index (κ1) is 18.2. The molecule has 3 heteroatoms. The van der Waals surface area contributed by atoms with E-state index >= 15 is 0 Å². The van der Waals surface area contributed by atoms with Gasteiger partial charge in [0, 0.05) is 23.4 Å². The number of hydrogen-bond acceptors (Lipinski definition) is 3. The highest BCUT2D eigenvalue weighted by atomic mass is 16.3. The van der Waals surface area contributed by atoms with E-state index in [9.17, 15) is 0 Å². The van der Waals surface area contributed by atoms with Crippen molar-refractivity contribution in [3.05, 3.63) is 107 Å².